The fourth-order valence-electron chi connectivity index (χ4n) is 3.42. The highest BCUT2D eigenvalue weighted by Crippen LogP contribution is 2.29. The highest BCUT2D eigenvalue weighted by molar-refractivity contribution is 5.81. The average Bonchev–Trinajstić information content (AvgIpc) is 3.05. The SMILES string of the molecule is CCn1ncc2c1CCC[C@H]2N[C@@H](C)C(=O)NCc1ccccc1F. The standard InChI is InChI=1S/C19H25FN4O/c1-3-24-18-10-6-9-17(15(18)12-22-24)23-13(2)19(25)21-11-14-7-4-5-8-16(14)20/h4-5,7-8,12-13,17,23H,3,6,9-11H2,1-2H3,(H,21,25)/t13-,17+/m0/s1. The van der Waals surface area contributed by atoms with E-state index in [1.807, 2.05) is 17.8 Å². The summed E-state index contributed by atoms with van der Waals surface area (Å²) in [5.74, 6) is -0.425. The maximum absolute atomic E-state index is 13.6. The lowest BCUT2D eigenvalue weighted by atomic mass is 9.92. The number of benzene rings is 1. The number of nitrogens with zero attached hydrogens (tertiary/aromatic N) is 2. The van der Waals surface area contributed by atoms with E-state index in [1.165, 1.54) is 17.3 Å². The van der Waals surface area contributed by atoms with Crippen molar-refractivity contribution in [3.63, 3.8) is 0 Å². The molecule has 1 amide bonds. The van der Waals surface area contributed by atoms with E-state index in [9.17, 15) is 9.18 Å². The minimum atomic E-state index is -0.354. The Bertz CT molecular complexity index is 743. The van der Waals surface area contributed by atoms with Crippen molar-refractivity contribution in [2.24, 2.45) is 0 Å². The van der Waals surface area contributed by atoms with Crippen molar-refractivity contribution in [3.8, 4) is 0 Å². The summed E-state index contributed by atoms with van der Waals surface area (Å²) in [6.45, 7) is 4.99. The van der Waals surface area contributed by atoms with E-state index in [-0.39, 0.29) is 30.4 Å². The Morgan fingerprint density at radius 1 is 1.44 bits per heavy atom. The zero-order valence-corrected chi connectivity index (χ0v) is 14.8. The Morgan fingerprint density at radius 2 is 2.24 bits per heavy atom. The quantitative estimate of drug-likeness (QED) is 0.847. The van der Waals surface area contributed by atoms with Crippen molar-refractivity contribution in [1.82, 2.24) is 20.4 Å². The smallest absolute Gasteiger partial charge is 0.237 e. The third-order valence-corrected chi connectivity index (χ3v) is 4.82. The van der Waals surface area contributed by atoms with E-state index >= 15 is 0 Å². The van der Waals surface area contributed by atoms with Crippen LogP contribution in [-0.2, 0) is 24.3 Å². The molecule has 1 heterocycles. The molecule has 134 valence electrons. The van der Waals surface area contributed by atoms with E-state index in [1.54, 1.807) is 18.2 Å². The summed E-state index contributed by atoms with van der Waals surface area (Å²) in [5.41, 5.74) is 2.96. The molecule has 1 aromatic carbocycles. The third-order valence-electron chi connectivity index (χ3n) is 4.82. The Morgan fingerprint density at radius 3 is 3.00 bits per heavy atom. The molecule has 1 aliphatic rings. The molecule has 0 fully saturated rings. The van der Waals surface area contributed by atoms with Crippen molar-refractivity contribution < 1.29 is 9.18 Å². The van der Waals surface area contributed by atoms with Crippen LogP contribution in [-0.4, -0.2) is 21.7 Å². The van der Waals surface area contributed by atoms with Gasteiger partial charge in [0, 0.05) is 36.0 Å². The Kier molecular flexibility index (Phi) is 5.48. The lowest BCUT2D eigenvalue weighted by Crippen LogP contribution is -2.44. The van der Waals surface area contributed by atoms with Gasteiger partial charge in [-0.15, -0.1) is 0 Å². The summed E-state index contributed by atoms with van der Waals surface area (Å²) < 4.78 is 15.7. The van der Waals surface area contributed by atoms with E-state index in [4.69, 9.17) is 0 Å². The second-order valence-corrected chi connectivity index (χ2v) is 6.50. The molecule has 1 aromatic heterocycles. The first-order chi connectivity index (χ1) is 12.1. The Labute approximate surface area is 147 Å². The molecule has 0 saturated carbocycles. The van der Waals surface area contributed by atoms with Gasteiger partial charge in [0.2, 0.25) is 5.91 Å². The number of halogens is 1. The van der Waals surface area contributed by atoms with Crippen LogP contribution in [0.5, 0.6) is 0 Å². The minimum Gasteiger partial charge on any atom is -0.351 e. The van der Waals surface area contributed by atoms with E-state index in [0.717, 1.165) is 25.8 Å². The molecule has 2 N–H and O–H groups in total. The number of hydrogen-bond donors (Lipinski definition) is 2. The number of amides is 1. The molecule has 0 spiro atoms. The first kappa shape index (κ1) is 17.6. The normalized spacial score (nSPS) is 17.8. The largest absolute Gasteiger partial charge is 0.351 e. The molecule has 0 unspecified atom stereocenters. The van der Waals surface area contributed by atoms with Gasteiger partial charge in [-0.1, -0.05) is 18.2 Å². The van der Waals surface area contributed by atoms with Crippen molar-refractivity contribution in [2.75, 3.05) is 0 Å². The van der Waals surface area contributed by atoms with Gasteiger partial charge in [-0.05, 0) is 39.2 Å². The second kappa shape index (κ2) is 7.78. The molecule has 0 bridgehead atoms. The van der Waals surface area contributed by atoms with Crippen LogP contribution in [0.25, 0.3) is 0 Å². The molecule has 0 radical (unpaired) electrons. The molecule has 1 aliphatic carbocycles. The van der Waals surface area contributed by atoms with Crippen molar-refractivity contribution in [3.05, 3.63) is 53.1 Å². The number of fused-ring (bicyclic) bond motifs is 1. The van der Waals surface area contributed by atoms with Crippen LogP contribution < -0.4 is 10.6 Å². The predicted molar refractivity (Wildman–Crippen MR) is 94.4 cm³/mol. The summed E-state index contributed by atoms with van der Waals surface area (Å²) in [6.07, 6.45) is 5.03. The maximum Gasteiger partial charge on any atom is 0.237 e. The number of carbonyl (C=O) groups excluding carboxylic acids is 1. The van der Waals surface area contributed by atoms with Gasteiger partial charge in [-0.3, -0.25) is 14.8 Å². The van der Waals surface area contributed by atoms with Gasteiger partial charge in [0.1, 0.15) is 5.82 Å². The van der Waals surface area contributed by atoms with Crippen LogP contribution in [0, 0.1) is 5.82 Å². The zero-order valence-electron chi connectivity index (χ0n) is 14.8. The number of aromatic nitrogens is 2. The number of carbonyl (C=O) groups is 1. The summed E-state index contributed by atoms with van der Waals surface area (Å²) >= 11 is 0. The number of rotatable bonds is 6. The van der Waals surface area contributed by atoms with Gasteiger partial charge in [0.25, 0.3) is 0 Å². The first-order valence-corrected chi connectivity index (χ1v) is 8.92. The Hall–Kier alpha value is -2.21. The second-order valence-electron chi connectivity index (χ2n) is 6.50. The molecule has 3 rings (SSSR count). The average molecular weight is 344 g/mol. The zero-order chi connectivity index (χ0) is 17.8. The molecule has 2 atom stereocenters. The van der Waals surface area contributed by atoms with Crippen molar-refractivity contribution in [1.29, 1.82) is 0 Å². The van der Waals surface area contributed by atoms with Gasteiger partial charge in [-0.2, -0.15) is 5.10 Å². The van der Waals surface area contributed by atoms with Crippen LogP contribution in [0.4, 0.5) is 4.39 Å². The van der Waals surface area contributed by atoms with Gasteiger partial charge >= 0.3 is 0 Å². The molecule has 6 heteroatoms. The summed E-state index contributed by atoms with van der Waals surface area (Å²) in [7, 11) is 0. The lowest BCUT2D eigenvalue weighted by Gasteiger charge is -2.27. The first-order valence-electron chi connectivity index (χ1n) is 8.92. The minimum absolute atomic E-state index is 0.127. The molecule has 25 heavy (non-hydrogen) atoms. The number of aryl methyl sites for hydroxylation is 1. The van der Waals surface area contributed by atoms with Crippen LogP contribution >= 0.6 is 0 Å². The van der Waals surface area contributed by atoms with Gasteiger partial charge in [0.15, 0.2) is 0 Å². The lowest BCUT2D eigenvalue weighted by molar-refractivity contribution is -0.123. The number of nitrogens with one attached hydrogen (secondary N) is 2. The number of hydrogen-bond acceptors (Lipinski definition) is 3. The van der Waals surface area contributed by atoms with E-state index < -0.39 is 0 Å². The molecule has 0 aliphatic heterocycles. The summed E-state index contributed by atoms with van der Waals surface area (Å²) in [6, 6.07) is 6.27. The van der Waals surface area contributed by atoms with E-state index in [0.29, 0.717) is 5.56 Å². The molecular formula is C19H25FN4O. The monoisotopic (exact) mass is 344 g/mol. The molecule has 5 nitrogen and oxygen atoms in total. The van der Waals surface area contributed by atoms with Crippen LogP contribution in [0.2, 0.25) is 0 Å². The summed E-state index contributed by atoms with van der Waals surface area (Å²) in [5, 5.41) is 10.7. The maximum atomic E-state index is 13.6. The van der Waals surface area contributed by atoms with Crippen LogP contribution in [0.15, 0.2) is 30.5 Å². The highest BCUT2D eigenvalue weighted by atomic mass is 19.1. The highest BCUT2D eigenvalue weighted by Gasteiger charge is 2.26. The van der Waals surface area contributed by atoms with Crippen molar-refractivity contribution >= 4 is 5.91 Å². The summed E-state index contributed by atoms with van der Waals surface area (Å²) in [4.78, 5) is 12.4. The van der Waals surface area contributed by atoms with E-state index in [2.05, 4.69) is 22.7 Å². The third kappa shape index (κ3) is 3.90. The van der Waals surface area contributed by atoms with Gasteiger partial charge in [0.05, 0.1) is 12.2 Å². The molecule has 2 aromatic rings. The fourth-order valence-corrected chi connectivity index (χ4v) is 3.42. The van der Waals surface area contributed by atoms with Gasteiger partial charge in [-0.25, -0.2) is 4.39 Å². The predicted octanol–water partition coefficient (Wildman–Crippen LogP) is 2.71. The van der Waals surface area contributed by atoms with Crippen LogP contribution in [0.1, 0.15) is 49.6 Å². The topological polar surface area (TPSA) is 59.0 Å². The fraction of sp³-hybridized carbons (Fsp3) is 0.474. The Balaban J connectivity index is 1.59. The van der Waals surface area contributed by atoms with Crippen molar-refractivity contribution in [2.45, 2.75) is 58.3 Å². The molecule has 0 saturated heterocycles. The van der Waals surface area contributed by atoms with Crippen LogP contribution in [0.3, 0.4) is 0 Å². The van der Waals surface area contributed by atoms with Gasteiger partial charge < -0.3 is 5.32 Å². The molecular weight excluding hydrogens is 319 g/mol.